The van der Waals surface area contributed by atoms with Crippen LogP contribution in [0, 0.1) is 6.92 Å². The predicted molar refractivity (Wildman–Crippen MR) is 133 cm³/mol. The molecule has 33 heavy (non-hydrogen) atoms. The molecule has 5 rings (SSSR count). The average molecular weight is 457 g/mol. The van der Waals surface area contributed by atoms with Crippen molar-refractivity contribution in [3.05, 3.63) is 72.6 Å². The molecule has 0 spiro atoms. The van der Waals surface area contributed by atoms with Crippen molar-refractivity contribution in [1.82, 2.24) is 15.0 Å². The molecule has 0 aliphatic rings. The van der Waals surface area contributed by atoms with E-state index in [0.29, 0.717) is 16.6 Å². The maximum Gasteiger partial charge on any atom is 0.325 e. The number of methoxy groups -OCH3 is 1. The number of ether oxygens (including phenoxy) is 1. The highest BCUT2D eigenvalue weighted by Crippen LogP contribution is 2.31. The first kappa shape index (κ1) is 20.7. The maximum absolute atomic E-state index is 12.5. The molecule has 0 saturated heterocycles. The van der Waals surface area contributed by atoms with E-state index < -0.39 is 0 Å². The van der Waals surface area contributed by atoms with Gasteiger partial charge in [0.15, 0.2) is 5.13 Å². The zero-order valence-electron chi connectivity index (χ0n) is 17.9. The van der Waals surface area contributed by atoms with Crippen molar-refractivity contribution in [2.24, 2.45) is 0 Å². The Hall–Kier alpha value is -4.24. The van der Waals surface area contributed by atoms with Crippen LogP contribution in [0.1, 0.15) is 5.56 Å². The largest absolute Gasteiger partial charge is 0.495 e. The molecule has 3 aromatic carbocycles. The average Bonchev–Trinajstić information content (AvgIpc) is 3.21. The first-order valence-electron chi connectivity index (χ1n) is 10.2. The molecule has 164 valence electrons. The van der Waals surface area contributed by atoms with Crippen LogP contribution in [0.4, 0.5) is 27.1 Å². The van der Waals surface area contributed by atoms with Crippen molar-refractivity contribution in [2.45, 2.75) is 6.92 Å². The van der Waals surface area contributed by atoms with E-state index in [4.69, 9.17) is 4.74 Å². The van der Waals surface area contributed by atoms with Crippen LogP contribution >= 0.6 is 11.3 Å². The van der Waals surface area contributed by atoms with Crippen LogP contribution < -0.4 is 20.7 Å². The lowest BCUT2D eigenvalue weighted by Gasteiger charge is -2.10. The molecule has 9 heteroatoms. The number of amides is 2. The van der Waals surface area contributed by atoms with E-state index in [1.165, 1.54) is 11.3 Å². The Morgan fingerprint density at radius 3 is 2.73 bits per heavy atom. The van der Waals surface area contributed by atoms with Crippen molar-refractivity contribution < 1.29 is 9.53 Å². The van der Waals surface area contributed by atoms with E-state index in [-0.39, 0.29) is 6.03 Å². The number of para-hydroxylation sites is 1. The zero-order valence-corrected chi connectivity index (χ0v) is 18.7. The van der Waals surface area contributed by atoms with Gasteiger partial charge in [-0.2, -0.15) is 0 Å². The van der Waals surface area contributed by atoms with Gasteiger partial charge >= 0.3 is 6.03 Å². The number of benzene rings is 3. The molecule has 0 bridgehead atoms. The van der Waals surface area contributed by atoms with Crippen molar-refractivity contribution >= 4 is 60.8 Å². The number of hydrogen-bond acceptors (Lipinski definition) is 7. The number of nitrogens with one attached hydrogen (secondary N) is 3. The minimum atomic E-state index is -0.385. The van der Waals surface area contributed by atoms with Gasteiger partial charge in [-0.05, 0) is 55.0 Å². The lowest BCUT2D eigenvalue weighted by atomic mass is 10.2. The molecule has 2 aromatic heterocycles. The van der Waals surface area contributed by atoms with Gasteiger partial charge in [-0.3, -0.25) is 5.32 Å². The number of rotatable bonds is 5. The van der Waals surface area contributed by atoms with Crippen molar-refractivity contribution in [2.75, 3.05) is 23.1 Å². The number of carbonyl (C=O) groups excluding carboxylic acids is 1. The van der Waals surface area contributed by atoms with Crippen LogP contribution in [0.25, 0.3) is 21.1 Å². The second-order valence-electron chi connectivity index (χ2n) is 7.35. The highest BCUT2D eigenvalue weighted by atomic mass is 32.1. The second-order valence-corrected chi connectivity index (χ2v) is 8.38. The van der Waals surface area contributed by atoms with Gasteiger partial charge in [0, 0.05) is 11.1 Å². The normalized spacial score (nSPS) is 10.8. The molecule has 5 aromatic rings. The monoisotopic (exact) mass is 456 g/mol. The molecule has 3 N–H and O–H groups in total. The highest BCUT2D eigenvalue weighted by molar-refractivity contribution is 7.22. The summed E-state index contributed by atoms with van der Waals surface area (Å²) in [7, 11) is 1.57. The Balaban J connectivity index is 1.34. The maximum atomic E-state index is 12.5. The minimum absolute atomic E-state index is 0.385. The summed E-state index contributed by atoms with van der Waals surface area (Å²) in [4.78, 5) is 25.7. The number of aromatic nitrogens is 3. The van der Waals surface area contributed by atoms with Gasteiger partial charge in [-0.1, -0.05) is 29.5 Å². The predicted octanol–water partition coefficient (Wildman–Crippen LogP) is 5.94. The third-order valence-corrected chi connectivity index (χ3v) is 5.95. The zero-order chi connectivity index (χ0) is 22.8. The van der Waals surface area contributed by atoms with Gasteiger partial charge in [0.25, 0.3) is 0 Å². The Morgan fingerprint density at radius 1 is 0.970 bits per heavy atom. The SMILES string of the molecule is COc1ccc(C)cc1NC(=O)Nc1nc2ccc(Nc3ncnc4ccccc34)cc2s1. The lowest BCUT2D eigenvalue weighted by Crippen LogP contribution is -2.19. The minimum Gasteiger partial charge on any atom is -0.495 e. The number of aryl methyl sites for hydroxylation is 1. The fourth-order valence-corrected chi connectivity index (χ4v) is 4.37. The van der Waals surface area contributed by atoms with Crippen molar-refractivity contribution in [3.8, 4) is 5.75 Å². The Morgan fingerprint density at radius 2 is 1.85 bits per heavy atom. The van der Waals surface area contributed by atoms with E-state index in [1.807, 2.05) is 67.6 Å². The number of fused-ring (bicyclic) bond motifs is 2. The molecular weight excluding hydrogens is 436 g/mol. The standard InChI is InChI=1S/C24H20N6O2S/c1-14-7-10-20(32-2)19(11-14)28-23(31)30-24-29-18-9-8-15(12-21(18)33-24)27-22-16-5-3-4-6-17(16)25-13-26-22/h3-13H,1-2H3,(H,25,26,27)(H2,28,29,30,31). The molecule has 0 aliphatic carbocycles. The van der Waals surface area contributed by atoms with Gasteiger partial charge in [0.1, 0.15) is 17.9 Å². The Labute approximate surface area is 193 Å². The fraction of sp³-hybridized carbons (Fsp3) is 0.0833. The topological polar surface area (TPSA) is 101 Å². The molecule has 0 aliphatic heterocycles. The summed E-state index contributed by atoms with van der Waals surface area (Å²) in [5, 5.41) is 10.4. The summed E-state index contributed by atoms with van der Waals surface area (Å²) in [5.41, 5.74) is 4.15. The van der Waals surface area contributed by atoms with Crippen LogP contribution in [-0.4, -0.2) is 28.1 Å². The van der Waals surface area contributed by atoms with E-state index >= 15 is 0 Å². The first-order valence-corrected chi connectivity index (χ1v) is 11.0. The number of hydrogen-bond donors (Lipinski definition) is 3. The van der Waals surface area contributed by atoms with Gasteiger partial charge in [-0.25, -0.2) is 19.7 Å². The van der Waals surface area contributed by atoms with Gasteiger partial charge in [0.2, 0.25) is 0 Å². The molecule has 0 saturated carbocycles. The summed E-state index contributed by atoms with van der Waals surface area (Å²) in [6.07, 6.45) is 1.54. The molecule has 2 heterocycles. The molecule has 2 amide bonds. The van der Waals surface area contributed by atoms with E-state index in [0.717, 1.165) is 38.2 Å². The Kier molecular flexibility index (Phi) is 5.45. The first-order chi connectivity index (χ1) is 16.1. The number of nitrogens with zero attached hydrogens (tertiary/aromatic N) is 3. The molecule has 0 atom stereocenters. The second kappa shape index (κ2) is 8.71. The van der Waals surface area contributed by atoms with Crippen LogP contribution in [-0.2, 0) is 0 Å². The number of anilines is 4. The summed E-state index contributed by atoms with van der Waals surface area (Å²) in [5.74, 6) is 1.32. The number of carbonyl (C=O) groups is 1. The van der Waals surface area contributed by atoms with Gasteiger partial charge in [0.05, 0.1) is 28.5 Å². The molecule has 0 radical (unpaired) electrons. The van der Waals surface area contributed by atoms with Gasteiger partial charge < -0.3 is 15.4 Å². The number of thiazole rings is 1. The lowest BCUT2D eigenvalue weighted by molar-refractivity contribution is 0.262. The summed E-state index contributed by atoms with van der Waals surface area (Å²) < 4.78 is 6.25. The fourth-order valence-electron chi connectivity index (χ4n) is 3.47. The summed E-state index contributed by atoms with van der Waals surface area (Å²) in [6.45, 7) is 1.95. The van der Waals surface area contributed by atoms with E-state index in [1.54, 1.807) is 13.4 Å². The third-order valence-electron chi connectivity index (χ3n) is 5.02. The van der Waals surface area contributed by atoms with Gasteiger partial charge in [-0.15, -0.1) is 0 Å². The smallest absolute Gasteiger partial charge is 0.325 e. The molecule has 0 fully saturated rings. The van der Waals surface area contributed by atoms with Crippen LogP contribution in [0.15, 0.2) is 67.0 Å². The summed E-state index contributed by atoms with van der Waals surface area (Å²) >= 11 is 1.39. The van der Waals surface area contributed by atoms with Crippen LogP contribution in [0.2, 0.25) is 0 Å². The molecule has 8 nitrogen and oxygen atoms in total. The van der Waals surface area contributed by atoms with Crippen molar-refractivity contribution in [1.29, 1.82) is 0 Å². The highest BCUT2D eigenvalue weighted by Gasteiger charge is 2.12. The Bertz CT molecular complexity index is 1480. The van der Waals surface area contributed by atoms with Crippen LogP contribution in [0.5, 0.6) is 5.75 Å². The van der Waals surface area contributed by atoms with Crippen LogP contribution in [0.3, 0.4) is 0 Å². The number of urea groups is 1. The van der Waals surface area contributed by atoms with Crippen molar-refractivity contribution in [3.63, 3.8) is 0 Å². The quantitative estimate of drug-likeness (QED) is 0.302. The summed E-state index contributed by atoms with van der Waals surface area (Å²) in [6, 6.07) is 18.9. The van der Waals surface area contributed by atoms with E-state index in [9.17, 15) is 4.79 Å². The molecular formula is C24H20N6O2S. The molecule has 0 unspecified atom stereocenters. The third kappa shape index (κ3) is 4.39. The van der Waals surface area contributed by atoms with E-state index in [2.05, 4.69) is 30.9 Å².